The van der Waals surface area contributed by atoms with Gasteiger partial charge in [0, 0.05) is 12.6 Å². The van der Waals surface area contributed by atoms with Crippen molar-refractivity contribution in [3.63, 3.8) is 0 Å². The van der Waals surface area contributed by atoms with Gasteiger partial charge in [0.25, 0.3) is 5.56 Å². The number of nitrogens with zero attached hydrogens (tertiary/aromatic N) is 1. The third kappa shape index (κ3) is 2.97. The van der Waals surface area contributed by atoms with E-state index in [9.17, 15) is 14.0 Å². The van der Waals surface area contributed by atoms with Crippen molar-refractivity contribution in [1.29, 1.82) is 0 Å². The van der Waals surface area contributed by atoms with Crippen LogP contribution in [0.5, 0.6) is 0 Å². The molecular formula is C11H11ClFIN2O4. The van der Waals surface area contributed by atoms with E-state index in [2.05, 4.69) is 4.98 Å². The molecule has 1 fully saturated rings. The van der Waals surface area contributed by atoms with Gasteiger partial charge in [-0.15, -0.1) is 0 Å². The van der Waals surface area contributed by atoms with E-state index in [0.717, 1.165) is 4.57 Å². The molecule has 3 unspecified atom stereocenters. The molecule has 1 aliphatic rings. The van der Waals surface area contributed by atoms with Gasteiger partial charge in [-0.3, -0.25) is 14.3 Å². The van der Waals surface area contributed by atoms with Crippen LogP contribution in [0.25, 0.3) is 5.03 Å². The molecule has 0 spiro atoms. The van der Waals surface area contributed by atoms with Crippen molar-refractivity contribution in [2.75, 3.05) is 6.61 Å². The van der Waals surface area contributed by atoms with E-state index in [-0.39, 0.29) is 17.0 Å². The second-order valence-corrected chi connectivity index (χ2v) is 5.26. The molecule has 20 heavy (non-hydrogen) atoms. The maximum absolute atomic E-state index is 13.5. The number of aromatic amines is 1. The minimum Gasteiger partial charge on any atom is -0.394 e. The molecule has 1 saturated heterocycles. The van der Waals surface area contributed by atoms with Crippen LogP contribution in [0.4, 0.5) is 4.39 Å². The molecule has 0 saturated carbocycles. The molecule has 0 aliphatic carbocycles. The van der Waals surface area contributed by atoms with Gasteiger partial charge in [-0.25, -0.2) is 9.18 Å². The Balaban J connectivity index is 2.43. The fourth-order valence-corrected chi connectivity index (χ4v) is 2.42. The molecule has 0 aromatic carbocycles. The van der Waals surface area contributed by atoms with Gasteiger partial charge in [0.2, 0.25) is 0 Å². The van der Waals surface area contributed by atoms with Crippen molar-refractivity contribution < 1.29 is 14.2 Å². The topological polar surface area (TPSA) is 84.3 Å². The molecule has 0 amide bonds. The molecule has 0 bridgehead atoms. The quantitative estimate of drug-likeness (QED) is 0.724. The van der Waals surface area contributed by atoms with E-state index in [1.165, 1.54) is 10.3 Å². The molecule has 6 nitrogen and oxygen atoms in total. The van der Waals surface area contributed by atoms with Crippen molar-refractivity contribution in [3.8, 4) is 0 Å². The monoisotopic (exact) mass is 416 g/mol. The fourth-order valence-electron chi connectivity index (χ4n) is 1.95. The van der Waals surface area contributed by atoms with Gasteiger partial charge in [0.1, 0.15) is 18.5 Å². The highest BCUT2D eigenvalue weighted by molar-refractivity contribution is 14.1. The Kier molecular flexibility index (Phi) is 4.99. The standard InChI is InChI=1S/C11H11ClFIN2O4/c12-6(2-14)5-3-16(11(19)15-10(5)18)9-1-7(13)8(4-17)20-9/h2-3,7-9,17H,1,4H2,(H,15,18,19). The number of aliphatic hydroxyl groups excluding tert-OH is 1. The van der Waals surface area contributed by atoms with E-state index >= 15 is 0 Å². The van der Waals surface area contributed by atoms with Gasteiger partial charge in [-0.05, 0) is 4.08 Å². The number of aliphatic hydroxyl groups is 1. The summed E-state index contributed by atoms with van der Waals surface area (Å²) in [6.45, 7) is -0.475. The number of halogens is 3. The van der Waals surface area contributed by atoms with E-state index in [1.807, 2.05) is 22.6 Å². The predicted octanol–water partition coefficient (Wildman–Crippen LogP) is 1.13. The molecule has 2 N–H and O–H groups in total. The predicted molar refractivity (Wildman–Crippen MR) is 79.7 cm³/mol. The van der Waals surface area contributed by atoms with Crippen LogP contribution in [0.15, 0.2) is 19.9 Å². The maximum Gasteiger partial charge on any atom is 0.330 e. The largest absolute Gasteiger partial charge is 0.394 e. The molecule has 9 heteroatoms. The summed E-state index contributed by atoms with van der Waals surface area (Å²) in [5.74, 6) is 0. The smallest absolute Gasteiger partial charge is 0.330 e. The number of H-pyrrole nitrogens is 1. The lowest BCUT2D eigenvalue weighted by molar-refractivity contribution is -0.0356. The molecular weight excluding hydrogens is 405 g/mol. The summed E-state index contributed by atoms with van der Waals surface area (Å²) < 4.78 is 21.3. The van der Waals surface area contributed by atoms with Crippen molar-refractivity contribution in [1.82, 2.24) is 9.55 Å². The first-order chi connectivity index (χ1) is 9.47. The van der Waals surface area contributed by atoms with Crippen LogP contribution in [0.3, 0.4) is 0 Å². The van der Waals surface area contributed by atoms with Crippen LogP contribution >= 0.6 is 34.2 Å². The van der Waals surface area contributed by atoms with Crippen LogP contribution in [0.2, 0.25) is 0 Å². The fraction of sp³-hybridized carbons (Fsp3) is 0.455. The highest BCUT2D eigenvalue weighted by atomic mass is 127. The Hall–Kier alpha value is -0.710. The van der Waals surface area contributed by atoms with Crippen molar-refractivity contribution >= 4 is 39.2 Å². The summed E-state index contributed by atoms with van der Waals surface area (Å²) in [7, 11) is 0. The summed E-state index contributed by atoms with van der Waals surface area (Å²) in [5, 5.41) is 9.12. The molecule has 3 atom stereocenters. The Labute approximate surface area is 131 Å². The maximum atomic E-state index is 13.5. The Bertz CT molecular complexity index is 644. The highest BCUT2D eigenvalue weighted by Gasteiger charge is 2.36. The van der Waals surface area contributed by atoms with Crippen molar-refractivity contribution in [2.45, 2.75) is 24.9 Å². The zero-order valence-electron chi connectivity index (χ0n) is 10.1. The average molecular weight is 417 g/mol. The Morgan fingerprint density at radius 3 is 2.95 bits per heavy atom. The molecule has 1 aliphatic heterocycles. The van der Waals surface area contributed by atoms with E-state index in [4.69, 9.17) is 21.4 Å². The first-order valence-corrected chi connectivity index (χ1v) is 7.32. The molecule has 1 aromatic rings. The van der Waals surface area contributed by atoms with Gasteiger partial charge in [0.05, 0.1) is 17.2 Å². The zero-order chi connectivity index (χ0) is 14.9. The van der Waals surface area contributed by atoms with Crippen LogP contribution < -0.4 is 11.2 Å². The summed E-state index contributed by atoms with van der Waals surface area (Å²) >= 11 is 7.73. The minimum atomic E-state index is -1.37. The number of nitrogens with one attached hydrogen (secondary N) is 1. The van der Waals surface area contributed by atoms with E-state index < -0.39 is 36.4 Å². The molecule has 1 aromatic heterocycles. The van der Waals surface area contributed by atoms with Crippen molar-refractivity contribution in [3.05, 3.63) is 36.7 Å². The van der Waals surface area contributed by atoms with Crippen molar-refractivity contribution in [2.24, 2.45) is 0 Å². The lowest BCUT2D eigenvalue weighted by Crippen LogP contribution is -2.33. The zero-order valence-corrected chi connectivity index (χ0v) is 13.0. The van der Waals surface area contributed by atoms with Crippen LogP contribution in [0.1, 0.15) is 18.2 Å². The minimum absolute atomic E-state index is 0.0812. The summed E-state index contributed by atoms with van der Waals surface area (Å²) in [6, 6.07) is 0. The van der Waals surface area contributed by atoms with Gasteiger partial charge < -0.3 is 9.84 Å². The third-order valence-corrected chi connectivity index (χ3v) is 4.28. The Morgan fingerprint density at radius 2 is 2.40 bits per heavy atom. The van der Waals surface area contributed by atoms with Gasteiger partial charge in [-0.1, -0.05) is 34.2 Å². The van der Waals surface area contributed by atoms with Crippen LogP contribution in [-0.4, -0.2) is 33.5 Å². The van der Waals surface area contributed by atoms with Crippen LogP contribution in [-0.2, 0) is 4.74 Å². The second-order valence-electron chi connectivity index (χ2n) is 4.23. The number of aromatic nitrogens is 2. The molecule has 0 radical (unpaired) electrons. The lowest BCUT2D eigenvalue weighted by atomic mass is 10.2. The SMILES string of the molecule is O=c1[nH]c(=O)n(C2CC(F)C(CO)O2)cc1C(Cl)=CI. The summed E-state index contributed by atoms with van der Waals surface area (Å²) in [4.78, 5) is 25.5. The number of ether oxygens (including phenoxy) is 1. The highest BCUT2D eigenvalue weighted by Crippen LogP contribution is 2.30. The Morgan fingerprint density at radius 1 is 1.70 bits per heavy atom. The first-order valence-electron chi connectivity index (χ1n) is 5.70. The van der Waals surface area contributed by atoms with Gasteiger partial charge >= 0.3 is 5.69 Å². The number of hydrogen-bond donors (Lipinski definition) is 2. The van der Waals surface area contributed by atoms with Crippen LogP contribution in [0, 0.1) is 0 Å². The average Bonchev–Trinajstić information content (AvgIpc) is 2.79. The normalized spacial score (nSPS) is 27.0. The summed E-state index contributed by atoms with van der Waals surface area (Å²) in [6.07, 6.45) is -2.08. The third-order valence-electron chi connectivity index (χ3n) is 2.97. The number of alkyl halides is 1. The molecule has 110 valence electrons. The number of hydrogen-bond acceptors (Lipinski definition) is 4. The lowest BCUT2D eigenvalue weighted by Gasteiger charge is -2.15. The summed E-state index contributed by atoms with van der Waals surface area (Å²) in [5.41, 5.74) is -1.25. The first kappa shape index (κ1) is 15.7. The van der Waals surface area contributed by atoms with Gasteiger partial charge in [0.15, 0.2) is 0 Å². The molecule has 2 heterocycles. The number of rotatable bonds is 3. The van der Waals surface area contributed by atoms with E-state index in [0.29, 0.717) is 0 Å². The van der Waals surface area contributed by atoms with Gasteiger partial charge in [-0.2, -0.15) is 0 Å². The van der Waals surface area contributed by atoms with E-state index in [1.54, 1.807) is 0 Å². The second kappa shape index (κ2) is 6.37. The molecule has 2 rings (SSSR count).